The first kappa shape index (κ1) is 24.4. The van der Waals surface area contributed by atoms with Gasteiger partial charge >= 0.3 is 13.2 Å². The molecule has 0 spiro atoms. The van der Waals surface area contributed by atoms with Gasteiger partial charge in [-0.15, -0.1) is 0 Å². The molecule has 3 N–H and O–H groups in total. The maximum atomic E-state index is 12.8. The molecule has 0 unspecified atom stereocenters. The van der Waals surface area contributed by atoms with Gasteiger partial charge in [0.05, 0.1) is 12.1 Å². The molecule has 9 heteroatoms. The van der Waals surface area contributed by atoms with Crippen molar-refractivity contribution in [3.8, 4) is 6.07 Å². The van der Waals surface area contributed by atoms with Gasteiger partial charge in [0.1, 0.15) is 18.2 Å². The zero-order valence-corrected chi connectivity index (χ0v) is 18.0. The van der Waals surface area contributed by atoms with Crippen molar-refractivity contribution < 1.29 is 24.4 Å². The van der Waals surface area contributed by atoms with Crippen molar-refractivity contribution in [3.63, 3.8) is 0 Å². The minimum absolute atomic E-state index is 0.00114. The van der Waals surface area contributed by atoms with E-state index in [9.17, 15) is 24.9 Å². The van der Waals surface area contributed by atoms with Crippen LogP contribution in [0.3, 0.4) is 0 Å². The molecule has 1 heterocycles. The van der Waals surface area contributed by atoms with Gasteiger partial charge in [-0.2, -0.15) is 5.26 Å². The van der Waals surface area contributed by atoms with Crippen LogP contribution in [0.5, 0.6) is 0 Å². The molecular weight excluding hydrogens is 397 g/mol. The van der Waals surface area contributed by atoms with E-state index in [1.807, 2.05) is 26.0 Å². The molecule has 0 aromatic heterocycles. The SMILES string of the molecule is CC(C)C=C(C#N)C(=O)N1CCCC[C@@H]1COC(=O)N[C@H](CB(O)O)c1ccccc1. The summed E-state index contributed by atoms with van der Waals surface area (Å²) in [6, 6.07) is 10.0. The summed E-state index contributed by atoms with van der Waals surface area (Å²) in [7, 11) is -1.59. The first-order valence-corrected chi connectivity index (χ1v) is 10.6. The molecule has 0 bridgehead atoms. The van der Waals surface area contributed by atoms with Gasteiger partial charge < -0.3 is 25.0 Å². The van der Waals surface area contributed by atoms with Crippen LogP contribution in [0.15, 0.2) is 42.0 Å². The van der Waals surface area contributed by atoms with Crippen LogP contribution in [0.2, 0.25) is 6.32 Å². The van der Waals surface area contributed by atoms with Gasteiger partial charge in [0.25, 0.3) is 5.91 Å². The van der Waals surface area contributed by atoms with Crippen LogP contribution in [0.25, 0.3) is 0 Å². The lowest BCUT2D eigenvalue weighted by atomic mass is 9.79. The van der Waals surface area contributed by atoms with Crippen molar-refractivity contribution in [2.24, 2.45) is 5.92 Å². The fraction of sp³-hybridized carbons (Fsp3) is 0.500. The van der Waals surface area contributed by atoms with E-state index >= 15 is 0 Å². The Kier molecular flexibility index (Phi) is 9.57. The van der Waals surface area contributed by atoms with E-state index in [4.69, 9.17) is 4.74 Å². The number of nitrogens with one attached hydrogen (secondary N) is 1. The molecule has 1 aliphatic heterocycles. The summed E-state index contributed by atoms with van der Waals surface area (Å²) in [6.45, 7) is 4.31. The van der Waals surface area contributed by atoms with Gasteiger partial charge in [-0.25, -0.2) is 4.79 Å². The molecule has 1 saturated heterocycles. The number of carbonyl (C=O) groups excluding carboxylic acids is 2. The van der Waals surface area contributed by atoms with Crippen LogP contribution in [-0.4, -0.2) is 53.3 Å². The minimum Gasteiger partial charge on any atom is -0.447 e. The van der Waals surface area contributed by atoms with Crippen molar-refractivity contribution in [2.75, 3.05) is 13.2 Å². The van der Waals surface area contributed by atoms with Gasteiger partial charge in [-0.3, -0.25) is 4.79 Å². The van der Waals surface area contributed by atoms with Crippen molar-refractivity contribution in [1.82, 2.24) is 10.2 Å². The van der Waals surface area contributed by atoms with Crippen LogP contribution in [-0.2, 0) is 9.53 Å². The largest absolute Gasteiger partial charge is 0.453 e. The number of amides is 2. The number of benzene rings is 1. The maximum Gasteiger partial charge on any atom is 0.453 e. The van der Waals surface area contributed by atoms with Crippen molar-refractivity contribution in [1.29, 1.82) is 5.26 Å². The molecule has 166 valence electrons. The normalized spacial score (nSPS) is 17.6. The Bertz CT molecular complexity index is 807. The lowest BCUT2D eigenvalue weighted by Crippen LogP contribution is -2.47. The second kappa shape index (κ2) is 12.1. The van der Waals surface area contributed by atoms with E-state index < -0.39 is 19.3 Å². The highest BCUT2D eigenvalue weighted by atomic mass is 16.5. The van der Waals surface area contributed by atoms with Gasteiger partial charge in [0.15, 0.2) is 0 Å². The first-order chi connectivity index (χ1) is 14.8. The third-order valence-corrected chi connectivity index (χ3v) is 5.09. The Morgan fingerprint density at radius 3 is 2.65 bits per heavy atom. The molecule has 8 nitrogen and oxygen atoms in total. The van der Waals surface area contributed by atoms with E-state index in [1.165, 1.54) is 0 Å². The summed E-state index contributed by atoms with van der Waals surface area (Å²) in [5.41, 5.74) is 0.826. The molecule has 1 aromatic carbocycles. The minimum atomic E-state index is -1.59. The number of alkyl carbamates (subject to hydrolysis) is 1. The number of allylic oxidation sites excluding steroid dienone is 1. The van der Waals surface area contributed by atoms with Crippen LogP contribution in [0, 0.1) is 17.2 Å². The monoisotopic (exact) mass is 427 g/mol. The average Bonchev–Trinajstić information content (AvgIpc) is 2.75. The fourth-order valence-corrected chi connectivity index (χ4v) is 3.62. The van der Waals surface area contributed by atoms with E-state index in [-0.39, 0.29) is 36.4 Å². The molecule has 0 radical (unpaired) electrons. The Hall–Kier alpha value is -2.83. The molecule has 1 fully saturated rings. The zero-order valence-electron chi connectivity index (χ0n) is 18.0. The van der Waals surface area contributed by atoms with E-state index in [0.29, 0.717) is 13.0 Å². The lowest BCUT2D eigenvalue weighted by Gasteiger charge is -2.35. The number of nitrogens with zero attached hydrogens (tertiary/aromatic N) is 2. The predicted molar refractivity (Wildman–Crippen MR) is 117 cm³/mol. The number of carbonyl (C=O) groups is 2. The smallest absolute Gasteiger partial charge is 0.447 e. The lowest BCUT2D eigenvalue weighted by molar-refractivity contribution is -0.131. The summed E-state index contributed by atoms with van der Waals surface area (Å²) in [5.74, 6) is -0.267. The van der Waals surface area contributed by atoms with E-state index in [2.05, 4.69) is 5.32 Å². The van der Waals surface area contributed by atoms with Crippen molar-refractivity contribution in [2.45, 2.75) is 51.5 Å². The van der Waals surface area contributed by atoms with E-state index in [0.717, 1.165) is 18.4 Å². The standard InChI is InChI=1S/C22H30BN3O5/c1-16(2)12-18(14-24)21(27)26-11-7-6-10-19(26)15-31-22(28)25-20(13-23(29)30)17-8-4-3-5-9-17/h3-5,8-9,12,16,19-20,29-30H,6-7,10-11,13,15H2,1-2H3,(H,25,28)/t19-,20-/m1/s1. The molecule has 31 heavy (non-hydrogen) atoms. The molecule has 0 saturated carbocycles. The van der Waals surface area contributed by atoms with Crippen LogP contribution >= 0.6 is 0 Å². The highest BCUT2D eigenvalue weighted by Crippen LogP contribution is 2.21. The summed E-state index contributed by atoms with van der Waals surface area (Å²) in [5, 5.41) is 30.7. The van der Waals surface area contributed by atoms with Crippen molar-refractivity contribution >= 4 is 19.1 Å². The number of hydrogen-bond donors (Lipinski definition) is 3. The second-order valence-electron chi connectivity index (χ2n) is 8.01. The van der Waals surface area contributed by atoms with Crippen LogP contribution in [0.1, 0.15) is 44.7 Å². The summed E-state index contributed by atoms with van der Waals surface area (Å²) < 4.78 is 5.38. The molecule has 2 rings (SSSR count). The average molecular weight is 427 g/mol. The van der Waals surface area contributed by atoms with Crippen LogP contribution < -0.4 is 5.32 Å². The molecular formula is C22H30BN3O5. The van der Waals surface area contributed by atoms with E-state index in [1.54, 1.807) is 35.2 Å². The maximum absolute atomic E-state index is 12.8. The van der Waals surface area contributed by atoms with Gasteiger partial charge in [0.2, 0.25) is 0 Å². The quantitative estimate of drug-likeness (QED) is 0.333. The number of likely N-dealkylation sites (tertiary alicyclic amines) is 1. The number of nitriles is 1. The Balaban J connectivity index is 2.01. The summed E-state index contributed by atoms with van der Waals surface area (Å²) in [4.78, 5) is 26.8. The number of rotatable bonds is 8. The molecule has 1 aromatic rings. The topological polar surface area (TPSA) is 123 Å². The third-order valence-electron chi connectivity index (χ3n) is 5.09. The van der Waals surface area contributed by atoms with Crippen molar-refractivity contribution in [3.05, 3.63) is 47.5 Å². The summed E-state index contributed by atoms with van der Waals surface area (Å²) in [6.07, 6.45) is 3.27. The van der Waals surface area contributed by atoms with Gasteiger partial charge in [0, 0.05) is 12.9 Å². The first-order valence-electron chi connectivity index (χ1n) is 10.6. The zero-order chi connectivity index (χ0) is 22.8. The Morgan fingerprint density at radius 1 is 1.32 bits per heavy atom. The highest BCUT2D eigenvalue weighted by molar-refractivity contribution is 6.41. The highest BCUT2D eigenvalue weighted by Gasteiger charge is 2.30. The number of hydrogen-bond acceptors (Lipinski definition) is 6. The number of piperidine rings is 1. The summed E-state index contributed by atoms with van der Waals surface area (Å²) >= 11 is 0. The van der Waals surface area contributed by atoms with Gasteiger partial charge in [-0.05, 0) is 30.7 Å². The fourth-order valence-electron chi connectivity index (χ4n) is 3.62. The Labute approximate surface area is 183 Å². The third kappa shape index (κ3) is 7.74. The molecule has 2 amide bonds. The molecule has 2 atom stereocenters. The second-order valence-corrected chi connectivity index (χ2v) is 8.01. The molecule has 0 aliphatic carbocycles. The predicted octanol–water partition coefficient (Wildman–Crippen LogP) is 2.41. The Morgan fingerprint density at radius 2 is 2.03 bits per heavy atom. The molecule has 1 aliphatic rings. The van der Waals surface area contributed by atoms with Gasteiger partial charge in [-0.1, -0.05) is 50.3 Å². The number of ether oxygens (including phenoxy) is 1. The van der Waals surface area contributed by atoms with Crippen LogP contribution in [0.4, 0.5) is 4.79 Å².